The summed E-state index contributed by atoms with van der Waals surface area (Å²) in [5, 5.41) is 31.9. The SMILES string of the molecule is [C-]#[N+]/C(C#N)=C1C=C(/C=C/c2ccc3c(c2)c2cc(/C=C/C4=CC(=C(\C#N)[N+]#[C-])/CC(C)(C)C4)ccc2n3CCCCCCc2ccc(O)c3c2CCC=N3)CC(C)(C)C\1. The van der Waals surface area contributed by atoms with Crippen molar-refractivity contribution < 1.29 is 5.11 Å². The van der Waals surface area contributed by atoms with Crippen LogP contribution in [0.3, 0.4) is 0 Å². The van der Waals surface area contributed by atoms with Crippen LogP contribution in [0.15, 0.2) is 112 Å². The molecule has 60 heavy (non-hydrogen) atoms. The average Bonchev–Trinajstić information content (AvgIpc) is 3.53. The van der Waals surface area contributed by atoms with E-state index >= 15 is 0 Å². The fourth-order valence-corrected chi connectivity index (χ4v) is 9.39. The second-order valence-electron chi connectivity index (χ2n) is 18.1. The van der Waals surface area contributed by atoms with Gasteiger partial charge in [-0.3, -0.25) is 4.99 Å². The molecule has 7 heteroatoms. The highest BCUT2D eigenvalue weighted by molar-refractivity contribution is 6.09. The molecule has 2 aliphatic carbocycles. The Bertz CT molecular complexity index is 2590. The first-order chi connectivity index (χ1) is 28.9. The maximum absolute atomic E-state index is 10.3. The molecule has 0 amide bonds. The number of hydrogen-bond donors (Lipinski definition) is 1. The van der Waals surface area contributed by atoms with Gasteiger partial charge in [-0.25, -0.2) is 20.2 Å². The molecule has 3 aliphatic rings. The number of phenolic OH excluding ortho intramolecular Hbond substituents is 1. The van der Waals surface area contributed by atoms with Gasteiger partial charge in [-0.15, -0.1) is 0 Å². The Morgan fingerprint density at radius 3 is 1.83 bits per heavy atom. The molecule has 0 unspecified atom stereocenters. The van der Waals surface area contributed by atoms with Gasteiger partial charge in [0.25, 0.3) is 11.4 Å². The molecule has 7 nitrogen and oxygen atoms in total. The zero-order valence-electron chi connectivity index (χ0n) is 35.3. The minimum Gasteiger partial charge on any atom is -0.506 e. The molecule has 300 valence electrons. The lowest BCUT2D eigenvalue weighted by Gasteiger charge is -2.30. The van der Waals surface area contributed by atoms with Gasteiger partial charge in [0.05, 0.1) is 25.3 Å². The first-order valence-electron chi connectivity index (χ1n) is 21.1. The molecular formula is C53H52N6O. The molecule has 0 saturated heterocycles. The number of aliphatic imine (C=N–C) groups is 1. The molecule has 3 aromatic carbocycles. The number of aromatic nitrogens is 1. The summed E-state index contributed by atoms with van der Waals surface area (Å²) in [6.45, 7) is 24.7. The van der Waals surface area contributed by atoms with Gasteiger partial charge in [0, 0.05) is 34.6 Å². The van der Waals surface area contributed by atoms with Gasteiger partial charge in [-0.1, -0.05) is 95.2 Å². The molecule has 0 fully saturated rings. The van der Waals surface area contributed by atoms with Crippen molar-refractivity contribution in [3.8, 4) is 17.9 Å². The van der Waals surface area contributed by atoms with Crippen molar-refractivity contribution in [2.75, 3.05) is 0 Å². The minimum absolute atomic E-state index is 0.0475. The Balaban J connectivity index is 1.16. The number of aryl methyl sites for hydroxylation is 2. The number of benzene rings is 3. The summed E-state index contributed by atoms with van der Waals surface area (Å²) in [5.41, 5.74) is 12.0. The summed E-state index contributed by atoms with van der Waals surface area (Å²) in [7, 11) is 0. The fourth-order valence-electron chi connectivity index (χ4n) is 9.39. The van der Waals surface area contributed by atoms with Gasteiger partial charge in [0.15, 0.2) is 0 Å². The van der Waals surface area contributed by atoms with E-state index in [4.69, 9.17) is 13.1 Å². The van der Waals surface area contributed by atoms with Crippen LogP contribution in [0.2, 0.25) is 0 Å². The van der Waals surface area contributed by atoms with Crippen LogP contribution in [0.4, 0.5) is 5.69 Å². The van der Waals surface area contributed by atoms with Gasteiger partial charge in [0.2, 0.25) is 0 Å². The Kier molecular flexibility index (Phi) is 12.2. The van der Waals surface area contributed by atoms with E-state index in [0.717, 1.165) is 103 Å². The molecule has 0 radical (unpaired) electrons. The number of rotatable bonds is 11. The normalized spacial score (nSPS) is 18.7. The van der Waals surface area contributed by atoms with Gasteiger partial charge in [-0.2, -0.15) is 0 Å². The van der Waals surface area contributed by atoms with Gasteiger partial charge < -0.3 is 9.67 Å². The third kappa shape index (κ3) is 9.29. The quantitative estimate of drug-likeness (QED) is 0.0931. The Labute approximate surface area is 355 Å². The van der Waals surface area contributed by atoms with E-state index in [0.29, 0.717) is 12.8 Å². The number of phenols is 1. The third-order valence-corrected chi connectivity index (χ3v) is 12.0. The van der Waals surface area contributed by atoms with E-state index in [1.165, 1.54) is 32.9 Å². The number of hydrogen-bond acceptors (Lipinski definition) is 4. The first-order valence-corrected chi connectivity index (χ1v) is 21.1. The molecule has 0 saturated carbocycles. The Hall–Kier alpha value is -6.67. The van der Waals surface area contributed by atoms with Crippen LogP contribution in [0.1, 0.15) is 108 Å². The molecular weight excluding hydrogens is 737 g/mol. The number of unbranched alkanes of at least 4 members (excludes halogenated alkanes) is 3. The summed E-state index contributed by atoms with van der Waals surface area (Å²) in [4.78, 5) is 11.5. The van der Waals surface area contributed by atoms with Crippen LogP contribution in [-0.2, 0) is 19.4 Å². The van der Waals surface area contributed by atoms with Crippen molar-refractivity contribution in [1.82, 2.24) is 4.57 Å². The molecule has 0 atom stereocenters. The van der Waals surface area contributed by atoms with Crippen LogP contribution in [0.5, 0.6) is 5.75 Å². The topological polar surface area (TPSA) is 93.8 Å². The van der Waals surface area contributed by atoms with Crippen LogP contribution in [0, 0.1) is 46.6 Å². The largest absolute Gasteiger partial charge is 0.506 e. The highest BCUT2D eigenvalue weighted by atomic mass is 16.3. The van der Waals surface area contributed by atoms with E-state index in [2.05, 4.69) is 126 Å². The highest BCUT2D eigenvalue weighted by Crippen LogP contribution is 2.42. The maximum atomic E-state index is 10.3. The van der Waals surface area contributed by atoms with Crippen LogP contribution >= 0.6 is 0 Å². The molecule has 7 rings (SSSR count). The van der Waals surface area contributed by atoms with E-state index in [1.54, 1.807) is 6.07 Å². The van der Waals surface area contributed by atoms with Gasteiger partial charge >= 0.3 is 0 Å². The van der Waals surface area contributed by atoms with E-state index in [9.17, 15) is 15.6 Å². The van der Waals surface area contributed by atoms with Crippen molar-refractivity contribution in [2.24, 2.45) is 15.8 Å². The van der Waals surface area contributed by atoms with E-state index in [-0.39, 0.29) is 28.0 Å². The molecule has 1 N–H and O–H groups in total. The first kappa shape index (κ1) is 41.5. The lowest BCUT2D eigenvalue weighted by atomic mass is 9.74. The van der Waals surface area contributed by atoms with Gasteiger partial charge in [-0.05, 0) is 143 Å². The molecule has 0 spiro atoms. The Morgan fingerprint density at radius 2 is 1.30 bits per heavy atom. The van der Waals surface area contributed by atoms with Gasteiger partial charge in [0.1, 0.15) is 11.4 Å². The standard InChI is InChI=1S/C53H52N6O/c1-52(2)30-38(26-41(32-52)46(34-54)56-5)16-14-36-18-21-48-44(28-36)45-29-37(15-17-39-27-42(47(35-55)57-6)33-53(3,4)31-39)19-22-49(45)59(48)25-10-8-7-9-12-40-20-23-50(60)51-43(40)13-11-24-58-51/h14-24,26-29,60H,7-13,25,30-33H2,1-4H3/b16-14+,17-15+,46-41-,47-42+. The summed E-state index contributed by atoms with van der Waals surface area (Å²) in [5.74, 6) is 0.275. The number of nitriles is 2. The lowest BCUT2D eigenvalue weighted by molar-refractivity contribution is 0.354. The average molecular weight is 789 g/mol. The highest BCUT2D eigenvalue weighted by Gasteiger charge is 2.27. The van der Waals surface area contributed by atoms with Crippen LogP contribution in [-0.4, -0.2) is 15.9 Å². The van der Waals surface area contributed by atoms with Crippen molar-refractivity contribution in [3.05, 3.63) is 152 Å². The summed E-state index contributed by atoms with van der Waals surface area (Å²) in [6, 6.07) is 21.5. The predicted molar refractivity (Wildman–Crippen MR) is 245 cm³/mol. The molecule has 1 aromatic heterocycles. The minimum atomic E-state index is -0.0475. The van der Waals surface area contributed by atoms with E-state index in [1.807, 2.05) is 18.4 Å². The second kappa shape index (κ2) is 17.7. The van der Waals surface area contributed by atoms with Crippen molar-refractivity contribution in [2.45, 2.75) is 105 Å². The monoisotopic (exact) mass is 788 g/mol. The maximum Gasteiger partial charge on any atom is 0.265 e. The summed E-state index contributed by atoms with van der Waals surface area (Å²) >= 11 is 0. The number of nitrogens with zero attached hydrogens (tertiary/aromatic N) is 6. The third-order valence-electron chi connectivity index (χ3n) is 12.0. The van der Waals surface area contributed by atoms with Crippen LogP contribution < -0.4 is 0 Å². The molecule has 4 aromatic rings. The van der Waals surface area contributed by atoms with Crippen molar-refractivity contribution >= 4 is 45.9 Å². The van der Waals surface area contributed by atoms with Crippen molar-refractivity contribution in [1.29, 1.82) is 10.5 Å². The zero-order valence-corrected chi connectivity index (χ0v) is 35.3. The smallest absolute Gasteiger partial charge is 0.265 e. The van der Waals surface area contributed by atoms with E-state index < -0.39 is 0 Å². The second-order valence-corrected chi connectivity index (χ2v) is 18.1. The fraction of sp³-hybridized carbons (Fsp3) is 0.340. The predicted octanol–water partition coefficient (Wildman–Crippen LogP) is 13.9. The summed E-state index contributed by atoms with van der Waals surface area (Å²) in [6.07, 6.45) is 25.0. The van der Waals surface area contributed by atoms with Crippen molar-refractivity contribution in [3.63, 3.8) is 0 Å². The number of aromatic hydroxyl groups is 1. The Morgan fingerprint density at radius 1 is 0.750 bits per heavy atom. The zero-order chi connectivity index (χ0) is 42.4. The lowest BCUT2D eigenvalue weighted by Crippen LogP contribution is -2.17. The summed E-state index contributed by atoms with van der Waals surface area (Å²) < 4.78 is 2.47. The molecule has 2 heterocycles. The molecule has 0 bridgehead atoms. The van der Waals surface area contributed by atoms with Crippen LogP contribution in [0.25, 0.3) is 43.6 Å². The number of allylic oxidation sites excluding steroid dienone is 10. The molecule has 1 aliphatic heterocycles. The number of fused-ring (bicyclic) bond motifs is 4.